The molecule has 1 unspecified atom stereocenters. The number of Topliss-reactive ketones (excluding diaryl/α,β-unsaturated/α-hetero) is 1. The van der Waals surface area contributed by atoms with Crippen molar-refractivity contribution in [3.63, 3.8) is 0 Å². The minimum absolute atomic E-state index is 0.117. The predicted octanol–water partition coefficient (Wildman–Crippen LogP) is 6.61. The van der Waals surface area contributed by atoms with Gasteiger partial charge >= 0.3 is 0 Å². The molecule has 2 aromatic rings. The Morgan fingerprint density at radius 1 is 1.07 bits per heavy atom. The summed E-state index contributed by atoms with van der Waals surface area (Å²) in [6.07, 6.45) is 11.7. The minimum atomic E-state index is -2.61. The van der Waals surface area contributed by atoms with Crippen molar-refractivity contribution in [2.75, 3.05) is 39.8 Å². The van der Waals surface area contributed by atoms with Gasteiger partial charge in [0.05, 0.1) is 11.7 Å². The highest BCUT2D eigenvalue weighted by atomic mass is 19.3. The lowest BCUT2D eigenvalue weighted by molar-refractivity contribution is -0.127. The minimum Gasteiger partial charge on any atom is -0.330 e. The number of piperazine rings is 1. The molecule has 2 aliphatic heterocycles. The van der Waals surface area contributed by atoms with Crippen LogP contribution in [0.25, 0.3) is 0 Å². The van der Waals surface area contributed by atoms with E-state index in [-0.39, 0.29) is 30.5 Å². The molecule has 0 spiro atoms. The van der Waals surface area contributed by atoms with Crippen LogP contribution in [0.4, 0.5) is 8.78 Å². The number of aromatic nitrogens is 1. The maximum atomic E-state index is 13.8. The topological polar surface area (TPSA) is 65.7 Å². The highest BCUT2D eigenvalue weighted by molar-refractivity contribution is 5.82. The van der Waals surface area contributed by atoms with Gasteiger partial charge in [0, 0.05) is 62.6 Å². The molecule has 4 aliphatic rings. The second-order valence-electron chi connectivity index (χ2n) is 14.7. The molecule has 6 rings (SSSR count). The lowest BCUT2D eigenvalue weighted by Crippen LogP contribution is -2.61. The van der Waals surface area contributed by atoms with Gasteiger partial charge in [0.2, 0.25) is 5.92 Å². The summed E-state index contributed by atoms with van der Waals surface area (Å²) in [4.78, 5) is 26.5. The molecule has 3 fully saturated rings. The van der Waals surface area contributed by atoms with Crippen LogP contribution in [0, 0.1) is 5.92 Å². The Balaban J connectivity index is 1.15. The standard InChI is InChI=1S/C38H55F2N5O/c1-43-26-32-14-15-33(35(43)27-44(23-6-5-21-41)34-13-7-11-30-12-8-22-42-37(30)34)45(32)24-18-31(28-9-3-2-4-10-28)25-36(46)29-16-19-38(39,40)20-17-29/h2-4,8-10,12,22,29,31-35H,5-7,11,13-21,23-27,41H2,1H3/t31-,32+,33-,34?,35-/m1/s1. The Kier molecular flexibility index (Phi) is 11.2. The molecular formula is C38H55F2N5O. The molecule has 0 radical (unpaired) electrons. The average molecular weight is 636 g/mol. The first-order valence-electron chi connectivity index (χ1n) is 18.1. The predicted molar refractivity (Wildman–Crippen MR) is 180 cm³/mol. The number of hydrogen-bond acceptors (Lipinski definition) is 6. The van der Waals surface area contributed by atoms with Gasteiger partial charge in [-0.1, -0.05) is 36.4 Å². The molecule has 1 aromatic carbocycles. The molecule has 2 N–H and O–H groups in total. The fourth-order valence-corrected chi connectivity index (χ4v) is 9.15. The van der Waals surface area contributed by atoms with Gasteiger partial charge in [-0.2, -0.15) is 0 Å². The zero-order valence-corrected chi connectivity index (χ0v) is 27.8. The maximum Gasteiger partial charge on any atom is 0.248 e. The molecule has 8 heteroatoms. The van der Waals surface area contributed by atoms with Crippen LogP contribution in [0.3, 0.4) is 0 Å². The third-order valence-electron chi connectivity index (χ3n) is 11.8. The first kappa shape index (κ1) is 33.6. The van der Waals surface area contributed by atoms with Gasteiger partial charge in [-0.15, -0.1) is 0 Å². The van der Waals surface area contributed by atoms with Crippen molar-refractivity contribution in [1.29, 1.82) is 0 Å². The summed E-state index contributed by atoms with van der Waals surface area (Å²) in [5.41, 5.74) is 9.81. The van der Waals surface area contributed by atoms with Crippen LogP contribution in [0.1, 0.15) is 106 Å². The molecule has 1 aromatic heterocycles. The number of aryl methyl sites for hydroxylation is 1. The number of carbonyl (C=O) groups excluding carboxylic acids is 1. The second-order valence-corrected chi connectivity index (χ2v) is 14.7. The highest BCUT2D eigenvalue weighted by Gasteiger charge is 2.46. The number of benzene rings is 1. The zero-order valence-electron chi connectivity index (χ0n) is 27.8. The number of nitrogens with two attached hydrogens (primary N) is 1. The Bertz CT molecular complexity index is 1270. The van der Waals surface area contributed by atoms with Crippen molar-refractivity contribution in [3.05, 3.63) is 65.5 Å². The maximum absolute atomic E-state index is 13.8. The van der Waals surface area contributed by atoms with Crippen molar-refractivity contribution in [1.82, 2.24) is 19.7 Å². The number of nitrogens with zero attached hydrogens (tertiary/aromatic N) is 4. The van der Waals surface area contributed by atoms with E-state index >= 15 is 0 Å². The van der Waals surface area contributed by atoms with Crippen molar-refractivity contribution in [2.45, 2.75) is 119 Å². The Morgan fingerprint density at radius 2 is 1.87 bits per heavy atom. The Morgan fingerprint density at radius 3 is 2.65 bits per heavy atom. The molecule has 6 nitrogen and oxygen atoms in total. The average Bonchev–Trinajstić information content (AvgIpc) is 3.37. The zero-order chi connectivity index (χ0) is 32.1. The van der Waals surface area contributed by atoms with E-state index in [1.165, 1.54) is 36.1 Å². The van der Waals surface area contributed by atoms with Crippen molar-refractivity contribution >= 4 is 5.78 Å². The van der Waals surface area contributed by atoms with Gasteiger partial charge in [-0.25, -0.2) is 8.78 Å². The number of unbranched alkanes of at least 4 members (excludes halogenated alkanes) is 1. The summed E-state index contributed by atoms with van der Waals surface area (Å²) in [7, 11) is 2.32. The Labute approximate surface area is 275 Å². The molecule has 3 heterocycles. The number of hydrogen-bond donors (Lipinski definition) is 1. The summed E-state index contributed by atoms with van der Waals surface area (Å²) in [5, 5.41) is 0. The molecule has 2 saturated heterocycles. The number of halogens is 2. The summed E-state index contributed by atoms with van der Waals surface area (Å²) in [6.45, 7) is 4.85. The fraction of sp³-hybridized carbons (Fsp3) is 0.684. The smallest absolute Gasteiger partial charge is 0.248 e. The van der Waals surface area contributed by atoms with Crippen molar-refractivity contribution < 1.29 is 13.6 Å². The number of carbonyl (C=O) groups is 1. The van der Waals surface area contributed by atoms with Crippen LogP contribution in [0.5, 0.6) is 0 Å². The van der Waals surface area contributed by atoms with Crippen LogP contribution in [-0.2, 0) is 11.2 Å². The normalized spacial score (nSPS) is 27.5. The van der Waals surface area contributed by atoms with E-state index < -0.39 is 5.92 Å². The number of likely N-dealkylation sites (tertiary alicyclic amines) is 1. The largest absolute Gasteiger partial charge is 0.330 e. The molecule has 46 heavy (non-hydrogen) atoms. The molecule has 2 aliphatic carbocycles. The number of ketones is 1. The van der Waals surface area contributed by atoms with Gasteiger partial charge in [-0.3, -0.25) is 24.5 Å². The van der Waals surface area contributed by atoms with E-state index in [1.807, 2.05) is 12.3 Å². The summed E-state index contributed by atoms with van der Waals surface area (Å²) in [6, 6.07) is 16.6. The summed E-state index contributed by atoms with van der Waals surface area (Å²) >= 11 is 0. The van der Waals surface area contributed by atoms with Crippen LogP contribution in [0.2, 0.25) is 0 Å². The molecule has 2 bridgehead atoms. The molecule has 1 saturated carbocycles. The van der Waals surface area contributed by atoms with Crippen LogP contribution in [0.15, 0.2) is 48.7 Å². The van der Waals surface area contributed by atoms with Crippen LogP contribution < -0.4 is 5.73 Å². The fourth-order valence-electron chi connectivity index (χ4n) is 9.15. The number of rotatable bonds is 14. The van der Waals surface area contributed by atoms with Crippen molar-refractivity contribution in [3.8, 4) is 0 Å². The summed E-state index contributed by atoms with van der Waals surface area (Å²) < 4.78 is 27.7. The van der Waals surface area contributed by atoms with E-state index in [1.54, 1.807) is 0 Å². The van der Waals surface area contributed by atoms with E-state index in [4.69, 9.17) is 10.7 Å². The quantitative estimate of drug-likeness (QED) is 0.236. The number of alkyl halides is 2. The molecule has 0 amide bonds. The van der Waals surface area contributed by atoms with E-state index in [2.05, 4.69) is 58.1 Å². The highest BCUT2D eigenvalue weighted by Crippen LogP contribution is 2.40. The molecule has 252 valence electrons. The summed E-state index contributed by atoms with van der Waals surface area (Å²) in [5.74, 6) is -2.53. The van der Waals surface area contributed by atoms with Gasteiger partial charge in [0.15, 0.2) is 0 Å². The van der Waals surface area contributed by atoms with Crippen LogP contribution >= 0.6 is 0 Å². The first-order valence-corrected chi connectivity index (χ1v) is 18.1. The SMILES string of the molecule is CN1C[C@@H]2CC[C@H]([C@H]1CN(CCCCN)C1CCCc3cccnc31)N2CC[C@H](CC(=O)C1CCC(F)(F)CC1)c1ccccc1. The molecular weight excluding hydrogens is 580 g/mol. The third kappa shape index (κ3) is 7.88. The van der Waals surface area contributed by atoms with Crippen molar-refractivity contribution in [2.24, 2.45) is 11.7 Å². The van der Waals surface area contributed by atoms with Gasteiger partial charge in [-0.05, 0) is 114 Å². The number of likely N-dealkylation sites (N-methyl/N-ethyl adjacent to an activating group) is 1. The number of pyridine rings is 1. The van der Waals surface area contributed by atoms with E-state index in [0.717, 1.165) is 64.8 Å². The number of fused-ring (bicyclic) bond motifs is 3. The van der Waals surface area contributed by atoms with E-state index in [9.17, 15) is 13.6 Å². The van der Waals surface area contributed by atoms with Gasteiger partial charge in [0.25, 0.3) is 0 Å². The van der Waals surface area contributed by atoms with Crippen LogP contribution in [-0.4, -0.2) is 89.3 Å². The first-order chi connectivity index (χ1) is 22.3. The molecule has 5 atom stereocenters. The third-order valence-corrected chi connectivity index (χ3v) is 11.8. The lowest BCUT2D eigenvalue weighted by atomic mass is 9.79. The van der Waals surface area contributed by atoms with E-state index in [0.29, 0.717) is 43.4 Å². The lowest BCUT2D eigenvalue weighted by Gasteiger charge is -2.48. The Hall–Kier alpha value is -2.26. The van der Waals surface area contributed by atoms with Gasteiger partial charge < -0.3 is 5.73 Å². The second kappa shape index (κ2) is 15.3. The monoisotopic (exact) mass is 635 g/mol. The van der Waals surface area contributed by atoms with Gasteiger partial charge in [0.1, 0.15) is 5.78 Å².